The quantitative estimate of drug-likeness (QED) is 0.331. The maximum atomic E-state index is 12.0. The van der Waals surface area contributed by atoms with Crippen molar-refractivity contribution in [1.29, 1.82) is 0 Å². The maximum absolute atomic E-state index is 12.0. The Morgan fingerprint density at radius 3 is 1.96 bits per heavy atom. The van der Waals surface area contributed by atoms with Gasteiger partial charge in [0.2, 0.25) is 23.6 Å². The summed E-state index contributed by atoms with van der Waals surface area (Å²) in [5.74, 6) is -2.34. The number of rotatable bonds is 11. The van der Waals surface area contributed by atoms with E-state index in [2.05, 4.69) is 20.7 Å². The lowest BCUT2D eigenvalue weighted by molar-refractivity contribution is -0.140. The Hall–Kier alpha value is -2.65. The van der Waals surface area contributed by atoms with Crippen LogP contribution in [0.4, 0.5) is 0 Å². The van der Waals surface area contributed by atoms with Crippen LogP contribution in [-0.2, 0) is 28.7 Å². The molecular formula is C16H28N4O6. The number of carbonyl (C=O) groups is 5. The van der Waals surface area contributed by atoms with E-state index in [9.17, 15) is 24.0 Å². The topological polar surface area (TPSA) is 157 Å². The van der Waals surface area contributed by atoms with Crippen LogP contribution in [0.1, 0.15) is 46.5 Å². The number of methoxy groups -OCH3 is 1. The molecule has 0 aromatic heterocycles. The highest BCUT2D eigenvalue weighted by Crippen LogP contribution is 1.98. The Morgan fingerprint density at radius 2 is 1.42 bits per heavy atom. The van der Waals surface area contributed by atoms with Gasteiger partial charge in [-0.05, 0) is 27.2 Å². The molecule has 0 rings (SSSR count). The number of hydrogen-bond acceptors (Lipinski definition) is 6. The van der Waals surface area contributed by atoms with Crippen LogP contribution in [0.5, 0.6) is 0 Å². The zero-order valence-electron chi connectivity index (χ0n) is 15.6. The predicted molar refractivity (Wildman–Crippen MR) is 92.5 cm³/mol. The third kappa shape index (κ3) is 10.3. The Balaban J connectivity index is 4.26. The van der Waals surface area contributed by atoms with E-state index in [1.165, 1.54) is 21.0 Å². The normalized spacial score (nSPS) is 13.7. The van der Waals surface area contributed by atoms with Gasteiger partial charge in [0.15, 0.2) is 0 Å². The van der Waals surface area contributed by atoms with E-state index in [-0.39, 0.29) is 25.2 Å². The number of amides is 4. The highest BCUT2D eigenvalue weighted by Gasteiger charge is 2.22. The number of primary amides is 1. The van der Waals surface area contributed by atoms with Crippen LogP contribution in [-0.4, -0.2) is 54.8 Å². The van der Waals surface area contributed by atoms with Crippen molar-refractivity contribution in [2.24, 2.45) is 5.73 Å². The zero-order chi connectivity index (χ0) is 20.3. The molecule has 0 aliphatic rings. The van der Waals surface area contributed by atoms with Crippen molar-refractivity contribution in [3.63, 3.8) is 0 Å². The summed E-state index contributed by atoms with van der Waals surface area (Å²) in [7, 11) is 1.26. The van der Waals surface area contributed by atoms with Gasteiger partial charge in [-0.15, -0.1) is 0 Å². The average molecular weight is 372 g/mol. The molecule has 148 valence electrons. The molecule has 0 aliphatic heterocycles. The monoisotopic (exact) mass is 372 g/mol. The van der Waals surface area contributed by atoms with E-state index >= 15 is 0 Å². The van der Waals surface area contributed by atoms with Gasteiger partial charge in [-0.2, -0.15) is 0 Å². The fraction of sp³-hybridized carbons (Fsp3) is 0.688. The third-order valence-electron chi connectivity index (χ3n) is 3.43. The molecular weight excluding hydrogens is 344 g/mol. The zero-order valence-corrected chi connectivity index (χ0v) is 15.6. The SMILES string of the molecule is COC(=O)CCCC(=O)NC(C)C(=O)NC(C)C(=O)NC(C)CC(N)=O. The standard InChI is InChI=1S/C16H28N4O6/c1-9(8-12(17)21)18-15(24)11(3)20-16(25)10(2)19-13(22)6-5-7-14(23)26-4/h9-11H,5-8H2,1-4H3,(H2,17,21)(H,18,24)(H,19,22)(H,20,25). The Morgan fingerprint density at radius 1 is 0.885 bits per heavy atom. The van der Waals surface area contributed by atoms with Gasteiger partial charge in [0.1, 0.15) is 12.1 Å². The van der Waals surface area contributed by atoms with Gasteiger partial charge in [0, 0.05) is 25.3 Å². The first-order valence-corrected chi connectivity index (χ1v) is 8.32. The summed E-state index contributed by atoms with van der Waals surface area (Å²) in [4.78, 5) is 57.5. The first-order valence-electron chi connectivity index (χ1n) is 8.32. The van der Waals surface area contributed by atoms with E-state index in [4.69, 9.17) is 5.73 Å². The highest BCUT2D eigenvalue weighted by molar-refractivity contribution is 5.91. The second kappa shape index (κ2) is 11.8. The predicted octanol–water partition coefficient (Wildman–Crippen LogP) is -1.28. The van der Waals surface area contributed by atoms with E-state index in [1.807, 2.05) is 0 Å². The second-order valence-corrected chi connectivity index (χ2v) is 6.03. The molecule has 0 aromatic carbocycles. The fourth-order valence-corrected chi connectivity index (χ4v) is 2.00. The lowest BCUT2D eigenvalue weighted by Crippen LogP contribution is -2.53. The number of hydrogen-bond donors (Lipinski definition) is 4. The van der Waals surface area contributed by atoms with Crippen LogP contribution in [0.2, 0.25) is 0 Å². The minimum atomic E-state index is -0.850. The van der Waals surface area contributed by atoms with Crippen molar-refractivity contribution in [3.8, 4) is 0 Å². The van der Waals surface area contributed by atoms with Crippen LogP contribution in [0.25, 0.3) is 0 Å². The summed E-state index contributed by atoms with van der Waals surface area (Å²) in [6.07, 6.45) is 0.492. The Kier molecular flexibility index (Phi) is 10.6. The summed E-state index contributed by atoms with van der Waals surface area (Å²) in [5, 5.41) is 7.51. The van der Waals surface area contributed by atoms with Gasteiger partial charge in [-0.3, -0.25) is 24.0 Å². The molecule has 0 saturated heterocycles. The molecule has 10 heteroatoms. The molecule has 0 bridgehead atoms. The summed E-state index contributed by atoms with van der Waals surface area (Å²) < 4.78 is 4.47. The highest BCUT2D eigenvalue weighted by atomic mass is 16.5. The molecule has 10 nitrogen and oxygen atoms in total. The van der Waals surface area contributed by atoms with Gasteiger partial charge < -0.3 is 26.4 Å². The first-order chi connectivity index (χ1) is 12.1. The molecule has 4 amide bonds. The minimum absolute atomic E-state index is 0.00948. The van der Waals surface area contributed by atoms with Crippen LogP contribution in [0.15, 0.2) is 0 Å². The molecule has 0 spiro atoms. The number of esters is 1. The molecule has 0 fully saturated rings. The van der Waals surface area contributed by atoms with E-state index < -0.39 is 41.8 Å². The lowest BCUT2D eigenvalue weighted by atomic mass is 10.2. The summed E-state index contributed by atoms with van der Waals surface area (Å²) in [6, 6.07) is -2.15. The molecule has 0 aliphatic carbocycles. The number of nitrogens with one attached hydrogen (secondary N) is 3. The smallest absolute Gasteiger partial charge is 0.305 e. The molecule has 26 heavy (non-hydrogen) atoms. The van der Waals surface area contributed by atoms with Crippen molar-refractivity contribution in [1.82, 2.24) is 16.0 Å². The molecule has 3 unspecified atom stereocenters. The minimum Gasteiger partial charge on any atom is -0.469 e. The van der Waals surface area contributed by atoms with Gasteiger partial charge in [0.05, 0.1) is 7.11 Å². The first kappa shape index (κ1) is 23.4. The molecule has 0 heterocycles. The molecule has 5 N–H and O–H groups in total. The summed E-state index contributed by atoms with van der Waals surface area (Å²) >= 11 is 0. The maximum Gasteiger partial charge on any atom is 0.305 e. The number of carbonyl (C=O) groups excluding carboxylic acids is 5. The van der Waals surface area contributed by atoms with Crippen molar-refractivity contribution in [2.45, 2.75) is 64.6 Å². The fourth-order valence-electron chi connectivity index (χ4n) is 2.00. The number of nitrogens with two attached hydrogens (primary N) is 1. The average Bonchev–Trinajstić information content (AvgIpc) is 2.53. The van der Waals surface area contributed by atoms with Gasteiger partial charge >= 0.3 is 5.97 Å². The Bertz CT molecular complexity index is 537. The van der Waals surface area contributed by atoms with Crippen LogP contribution in [0.3, 0.4) is 0 Å². The van der Waals surface area contributed by atoms with E-state index in [0.29, 0.717) is 6.42 Å². The summed E-state index contributed by atoms with van der Waals surface area (Å²) in [6.45, 7) is 4.58. The van der Waals surface area contributed by atoms with Gasteiger partial charge in [-0.1, -0.05) is 0 Å². The van der Waals surface area contributed by atoms with Crippen LogP contribution >= 0.6 is 0 Å². The number of ether oxygens (including phenoxy) is 1. The second-order valence-electron chi connectivity index (χ2n) is 6.03. The van der Waals surface area contributed by atoms with Crippen LogP contribution < -0.4 is 21.7 Å². The summed E-state index contributed by atoms with van der Waals surface area (Å²) in [5.41, 5.74) is 5.05. The van der Waals surface area contributed by atoms with Gasteiger partial charge in [0.25, 0.3) is 0 Å². The van der Waals surface area contributed by atoms with Gasteiger partial charge in [-0.25, -0.2) is 0 Å². The molecule has 0 saturated carbocycles. The molecule has 3 atom stereocenters. The van der Waals surface area contributed by atoms with Crippen molar-refractivity contribution < 1.29 is 28.7 Å². The van der Waals surface area contributed by atoms with Crippen molar-refractivity contribution in [2.75, 3.05) is 7.11 Å². The molecule has 0 radical (unpaired) electrons. The van der Waals surface area contributed by atoms with Crippen molar-refractivity contribution in [3.05, 3.63) is 0 Å². The van der Waals surface area contributed by atoms with E-state index in [0.717, 1.165) is 0 Å². The Labute approximate surface area is 152 Å². The lowest BCUT2D eigenvalue weighted by Gasteiger charge is -2.20. The van der Waals surface area contributed by atoms with Crippen LogP contribution in [0, 0.1) is 0 Å². The largest absolute Gasteiger partial charge is 0.469 e. The van der Waals surface area contributed by atoms with E-state index in [1.54, 1.807) is 6.92 Å². The molecule has 0 aromatic rings. The third-order valence-corrected chi connectivity index (χ3v) is 3.43. The van der Waals surface area contributed by atoms with Crippen molar-refractivity contribution >= 4 is 29.6 Å².